The Morgan fingerprint density at radius 2 is 2.04 bits per heavy atom. The maximum atomic E-state index is 12.5. The second kappa shape index (κ2) is 6.12. The molecule has 1 amide bonds. The van der Waals surface area contributed by atoms with E-state index in [1.54, 1.807) is 6.92 Å². The Kier molecular flexibility index (Phi) is 4.17. The Morgan fingerprint density at radius 1 is 1.39 bits per heavy atom. The molecule has 0 aliphatic heterocycles. The molecule has 6 heteroatoms. The third-order valence-corrected chi connectivity index (χ3v) is 5.40. The first kappa shape index (κ1) is 15.7. The Balaban J connectivity index is 1.81. The fraction of sp³-hybridized carbons (Fsp3) is 0.353. The van der Waals surface area contributed by atoms with Crippen molar-refractivity contribution in [2.45, 2.75) is 26.3 Å². The van der Waals surface area contributed by atoms with Gasteiger partial charge in [0.25, 0.3) is 11.6 Å². The minimum atomic E-state index is -0.444. The third-order valence-electron chi connectivity index (χ3n) is 4.36. The third kappa shape index (κ3) is 3.27. The molecule has 1 heterocycles. The molecule has 23 heavy (non-hydrogen) atoms. The van der Waals surface area contributed by atoms with Crippen LogP contribution in [-0.4, -0.2) is 10.8 Å². The number of nitro groups is 1. The number of hydrogen-bond acceptors (Lipinski definition) is 4. The summed E-state index contributed by atoms with van der Waals surface area (Å²) in [7, 11) is 0. The Labute approximate surface area is 138 Å². The smallest absolute Gasteiger partial charge is 0.283 e. The topological polar surface area (TPSA) is 72.2 Å². The van der Waals surface area contributed by atoms with Gasteiger partial charge in [-0.05, 0) is 30.7 Å². The molecule has 1 aromatic carbocycles. The molecule has 1 aliphatic carbocycles. The van der Waals surface area contributed by atoms with Crippen LogP contribution in [0.15, 0.2) is 36.4 Å². The number of nitrogens with one attached hydrogen (secondary N) is 1. The van der Waals surface area contributed by atoms with E-state index in [2.05, 4.69) is 12.2 Å². The van der Waals surface area contributed by atoms with E-state index < -0.39 is 4.92 Å². The second-order valence-electron chi connectivity index (χ2n) is 6.05. The first-order valence-electron chi connectivity index (χ1n) is 7.58. The molecule has 3 atom stereocenters. The molecular weight excluding hydrogens is 312 g/mol. The van der Waals surface area contributed by atoms with Crippen molar-refractivity contribution in [1.29, 1.82) is 0 Å². The van der Waals surface area contributed by atoms with Crippen LogP contribution >= 0.6 is 11.3 Å². The molecule has 3 rings (SSSR count). The highest BCUT2D eigenvalue weighted by atomic mass is 32.1. The van der Waals surface area contributed by atoms with Crippen molar-refractivity contribution in [1.82, 2.24) is 5.32 Å². The summed E-state index contributed by atoms with van der Waals surface area (Å²) in [5, 5.41) is 14.0. The van der Waals surface area contributed by atoms with E-state index in [1.807, 2.05) is 30.3 Å². The summed E-state index contributed by atoms with van der Waals surface area (Å²) in [5.74, 6) is 0.775. The van der Waals surface area contributed by atoms with Gasteiger partial charge in [-0.15, -0.1) is 11.3 Å². The van der Waals surface area contributed by atoms with Crippen LogP contribution in [0.5, 0.6) is 0 Å². The van der Waals surface area contributed by atoms with Gasteiger partial charge in [0.1, 0.15) is 0 Å². The van der Waals surface area contributed by atoms with Gasteiger partial charge in [0, 0.05) is 6.07 Å². The number of hydrogen-bond donors (Lipinski definition) is 1. The summed E-state index contributed by atoms with van der Waals surface area (Å²) in [6, 6.07) is 11.2. The molecule has 2 aromatic rings. The van der Waals surface area contributed by atoms with Gasteiger partial charge in [-0.25, -0.2) is 0 Å². The van der Waals surface area contributed by atoms with Crippen LogP contribution in [0.25, 0.3) is 0 Å². The standard InChI is InChI=1S/C17H18N2O3S/c1-10-8-13(10)16(12-6-4-3-5-7-12)18-17(20)15-9-14(19(21)22)11(2)23-15/h3-7,9-10,13,16H,8H2,1-2H3,(H,18,20). The average Bonchev–Trinajstić information content (AvgIpc) is 3.10. The highest BCUT2D eigenvalue weighted by Crippen LogP contribution is 2.47. The normalized spacial score (nSPS) is 20.8. The monoisotopic (exact) mass is 330 g/mol. The van der Waals surface area contributed by atoms with Crippen LogP contribution in [0.3, 0.4) is 0 Å². The molecule has 1 saturated carbocycles. The van der Waals surface area contributed by atoms with Crippen molar-refractivity contribution in [3.63, 3.8) is 0 Å². The molecular formula is C17H18N2O3S. The Hall–Kier alpha value is -2.21. The largest absolute Gasteiger partial charge is 0.344 e. The van der Waals surface area contributed by atoms with Crippen molar-refractivity contribution >= 4 is 22.9 Å². The Morgan fingerprint density at radius 3 is 2.57 bits per heavy atom. The van der Waals surface area contributed by atoms with Crippen molar-refractivity contribution in [2.75, 3.05) is 0 Å². The second-order valence-corrected chi connectivity index (χ2v) is 7.30. The Bertz CT molecular complexity index is 742. The maximum absolute atomic E-state index is 12.5. The lowest BCUT2D eigenvalue weighted by atomic mass is 10.0. The predicted octanol–water partition coefficient (Wildman–Crippen LogP) is 4.09. The number of carbonyl (C=O) groups excluding carboxylic acids is 1. The summed E-state index contributed by atoms with van der Waals surface area (Å²) < 4.78 is 0. The molecule has 5 nitrogen and oxygen atoms in total. The number of aryl methyl sites for hydroxylation is 1. The number of benzene rings is 1. The molecule has 1 fully saturated rings. The van der Waals surface area contributed by atoms with E-state index >= 15 is 0 Å². The van der Waals surface area contributed by atoms with Gasteiger partial charge in [-0.1, -0.05) is 37.3 Å². The highest BCUT2D eigenvalue weighted by Gasteiger charge is 2.41. The summed E-state index contributed by atoms with van der Waals surface area (Å²) in [5.41, 5.74) is 1.09. The number of carbonyl (C=O) groups is 1. The average molecular weight is 330 g/mol. The molecule has 0 saturated heterocycles. The number of amides is 1. The van der Waals surface area contributed by atoms with Gasteiger partial charge >= 0.3 is 0 Å². The lowest BCUT2D eigenvalue weighted by Crippen LogP contribution is -2.29. The van der Waals surface area contributed by atoms with Gasteiger partial charge in [-0.2, -0.15) is 0 Å². The van der Waals surface area contributed by atoms with E-state index in [-0.39, 0.29) is 17.6 Å². The molecule has 1 N–H and O–H groups in total. The van der Waals surface area contributed by atoms with Crippen LogP contribution in [0.4, 0.5) is 5.69 Å². The van der Waals surface area contributed by atoms with E-state index in [0.717, 1.165) is 12.0 Å². The van der Waals surface area contributed by atoms with Crippen molar-refractivity contribution in [2.24, 2.45) is 11.8 Å². The zero-order valence-corrected chi connectivity index (χ0v) is 13.8. The fourth-order valence-electron chi connectivity index (χ4n) is 2.89. The van der Waals surface area contributed by atoms with Crippen LogP contribution in [-0.2, 0) is 0 Å². The van der Waals surface area contributed by atoms with E-state index in [1.165, 1.54) is 17.4 Å². The molecule has 0 spiro atoms. The summed E-state index contributed by atoms with van der Waals surface area (Å²) in [6.07, 6.45) is 1.09. The van der Waals surface area contributed by atoms with Crippen molar-refractivity contribution < 1.29 is 9.72 Å². The summed E-state index contributed by atoms with van der Waals surface area (Å²) in [6.45, 7) is 3.84. The molecule has 0 radical (unpaired) electrons. The zero-order chi connectivity index (χ0) is 16.6. The number of nitrogens with zero attached hydrogens (tertiary/aromatic N) is 1. The molecule has 1 aliphatic rings. The summed E-state index contributed by atoms with van der Waals surface area (Å²) in [4.78, 5) is 24.0. The number of rotatable bonds is 5. The van der Waals surface area contributed by atoms with E-state index in [0.29, 0.717) is 21.6 Å². The minimum Gasteiger partial charge on any atom is -0.344 e. The SMILES string of the molecule is Cc1sc(C(=O)NC(c2ccccc2)C2CC2C)cc1[N+](=O)[O-]. The highest BCUT2D eigenvalue weighted by molar-refractivity contribution is 7.14. The minimum absolute atomic E-state index is 0.0104. The molecule has 1 aromatic heterocycles. The first-order chi connectivity index (χ1) is 11.0. The van der Waals surface area contributed by atoms with E-state index in [9.17, 15) is 14.9 Å². The number of thiophene rings is 1. The van der Waals surface area contributed by atoms with Gasteiger partial charge in [0.15, 0.2) is 0 Å². The van der Waals surface area contributed by atoms with Gasteiger partial charge in [0.05, 0.1) is 20.7 Å². The van der Waals surface area contributed by atoms with Gasteiger partial charge in [-0.3, -0.25) is 14.9 Å². The maximum Gasteiger partial charge on any atom is 0.283 e. The predicted molar refractivity (Wildman–Crippen MR) is 89.6 cm³/mol. The van der Waals surface area contributed by atoms with Crippen molar-refractivity contribution in [3.05, 3.63) is 61.8 Å². The lowest BCUT2D eigenvalue weighted by Gasteiger charge is -2.19. The van der Waals surface area contributed by atoms with Crippen LogP contribution in [0.2, 0.25) is 0 Å². The zero-order valence-electron chi connectivity index (χ0n) is 13.0. The van der Waals surface area contributed by atoms with Crippen molar-refractivity contribution in [3.8, 4) is 0 Å². The molecule has 3 unspecified atom stereocenters. The quantitative estimate of drug-likeness (QED) is 0.663. The summed E-state index contributed by atoms with van der Waals surface area (Å²) >= 11 is 1.17. The van der Waals surface area contributed by atoms with Crippen LogP contribution in [0, 0.1) is 28.9 Å². The lowest BCUT2D eigenvalue weighted by molar-refractivity contribution is -0.385. The van der Waals surface area contributed by atoms with Gasteiger partial charge < -0.3 is 5.32 Å². The van der Waals surface area contributed by atoms with E-state index in [4.69, 9.17) is 0 Å². The first-order valence-corrected chi connectivity index (χ1v) is 8.39. The fourth-order valence-corrected chi connectivity index (χ4v) is 3.78. The molecule has 0 bridgehead atoms. The van der Waals surface area contributed by atoms with Gasteiger partial charge in [0.2, 0.25) is 0 Å². The van der Waals surface area contributed by atoms with Crippen LogP contribution in [0.1, 0.15) is 39.5 Å². The van der Waals surface area contributed by atoms with Crippen LogP contribution < -0.4 is 5.32 Å². The molecule has 120 valence electrons.